The van der Waals surface area contributed by atoms with Crippen LogP contribution in [0.5, 0.6) is 5.88 Å². The highest BCUT2D eigenvalue weighted by Crippen LogP contribution is 2.30. The van der Waals surface area contributed by atoms with Gasteiger partial charge in [0, 0.05) is 19.5 Å². The molecule has 27 heavy (non-hydrogen) atoms. The molecule has 0 radical (unpaired) electrons. The molecule has 0 bridgehead atoms. The van der Waals surface area contributed by atoms with Crippen molar-refractivity contribution < 1.29 is 9.32 Å². The zero-order chi connectivity index (χ0) is 20.2. The first-order valence-corrected chi connectivity index (χ1v) is 9.94. The number of nitriles is 1. The number of rotatable bonds is 5. The van der Waals surface area contributed by atoms with Gasteiger partial charge >= 0.3 is 0 Å². The average molecular weight is 383 g/mol. The Kier molecular flexibility index (Phi) is 5.98. The van der Waals surface area contributed by atoms with Crippen molar-refractivity contribution in [2.24, 2.45) is 4.36 Å². The number of nitrogens with zero attached hydrogens (tertiary/aromatic N) is 5. The molecule has 7 nitrogen and oxygen atoms in total. The van der Waals surface area contributed by atoms with Gasteiger partial charge in [0.15, 0.2) is 5.82 Å². The molecule has 0 amide bonds. The second-order valence-corrected chi connectivity index (χ2v) is 8.26. The van der Waals surface area contributed by atoms with Crippen LogP contribution < -0.4 is 0 Å². The summed E-state index contributed by atoms with van der Waals surface area (Å²) < 4.78 is 17.5. The molecular formula is C19H21N5O2S. The van der Waals surface area contributed by atoms with Crippen molar-refractivity contribution in [3.8, 4) is 17.8 Å². The minimum atomic E-state index is -2.47. The maximum atomic E-state index is 12.3. The second-order valence-electron chi connectivity index (χ2n) is 5.82. The molecule has 0 aromatic carbocycles. The molecule has 2 rings (SSSR count). The van der Waals surface area contributed by atoms with Crippen molar-refractivity contribution in [1.29, 1.82) is 5.26 Å². The van der Waals surface area contributed by atoms with Gasteiger partial charge < -0.3 is 5.11 Å². The second kappa shape index (κ2) is 8.01. The molecule has 1 atom stereocenters. The standard InChI is InChI=1S/C19H21N5O2S/c1-6-15(11-20)8-7-13(2)18-14(3)23-24(19(18)25)17-10-9-16(12-22-17)27(5,26)21-4/h6-10,12,25H,1H2,2-5H3/b13-7+,15-8+. The quantitative estimate of drug-likeness (QED) is 0.629. The number of allylic oxidation sites excluding steroid dienone is 5. The largest absolute Gasteiger partial charge is 0.493 e. The zero-order valence-electron chi connectivity index (χ0n) is 15.7. The van der Waals surface area contributed by atoms with Gasteiger partial charge in [-0.3, -0.25) is 0 Å². The summed E-state index contributed by atoms with van der Waals surface area (Å²) in [5, 5.41) is 23.9. The Morgan fingerprint density at radius 1 is 1.44 bits per heavy atom. The minimum Gasteiger partial charge on any atom is -0.493 e. The van der Waals surface area contributed by atoms with E-state index in [1.54, 1.807) is 31.2 Å². The Bertz CT molecular complexity index is 1090. The van der Waals surface area contributed by atoms with Gasteiger partial charge in [-0.1, -0.05) is 18.7 Å². The average Bonchev–Trinajstić information content (AvgIpc) is 2.96. The first-order valence-electron chi connectivity index (χ1n) is 8.02. The molecule has 0 aliphatic heterocycles. The Hall–Kier alpha value is -3.18. The lowest BCUT2D eigenvalue weighted by atomic mass is 10.1. The fraction of sp³-hybridized carbons (Fsp3) is 0.211. The maximum absolute atomic E-state index is 12.3. The topological polar surface area (TPSA) is 104 Å². The van der Waals surface area contributed by atoms with Crippen LogP contribution in [0.4, 0.5) is 0 Å². The summed E-state index contributed by atoms with van der Waals surface area (Å²) in [5.41, 5.74) is 2.33. The Morgan fingerprint density at radius 2 is 2.15 bits per heavy atom. The third-order valence-corrected chi connectivity index (χ3v) is 5.83. The summed E-state index contributed by atoms with van der Waals surface area (Å²) in [7, 11) is -0.975. The van der Waals surface area contributed by atoms with E-state index >= 15 is 0 Å². The highest BCUT2D eigenvalue weighted by atomic mass is 32.2. The van der Waals surface area contributed by atoms with Crippen molar-refractivity contribution in [3.05, 3.63) is 60.0 Å². The van der Waals surface area contributed by atoms with Crippen molar-refractivity contribution in [3.63, 3.8) is 0 Å². The molecule has 0 aliphatic carbocycles. The Balaban J connectivity index is 2.48. The Labute approximate surface area is 159 Å². The lowest BCUT2D eigenvalue weighted by molar-refractivity contribution is 0.430. The van der Waals surface area contributed by atoms with E-state index < -0.39 is 9.73 Å². The molecule has 2 heterocycles. The highest BCUT2D eigenvalue weighted by Gasteiger charge is 2.18. The highest BCUT2D eigenvalue weighted by molar-refractivity contribution is 7.93. The molecule has 2 aromatic heterocycles. The molecular weight excluding hydrogens is 362 g/mol. The maximum Gasteiger partial charge on any atom is 0.223 e. The first kappa shape index (κ1) is 20.1. The smallest absolute Gasteiger partial charge is 0.223 e. The van der Waals surface area contributed by atoms with Gasteiger partial charge in [-0.15, -0.1) is 0 Å². The molecule has 0 aliphatic rings. The van der Waals surface area contributed by atoms with Crippen LogP contribution in [0.25, 0.3) is 11.4 Å². The summed E-state index contributed by atoms with van der Waals surface area (Å²) in [6.07, 6.45) is 7.81. The van der Waals surface area contributed by atoms with Gasteiger partial charge in [-0.05, 0) is 37.6 Å². The monoisotopic (exact) mass is 383 g/mol. The Morgan fingerprint density at radius 3 is 2.67 bits per heavy atom. The predicted molar refractivity (Wildman–Crippen MR) is 106 cm³/mol. The normalized spacial score (nSPS) is 14.3. The van der Waals surface area contributed by atoms with E-state index in [0.29, 0.717) is 27.5 Å². The predicted octanol–water partition coefficient (Wildman–Crippen LogP) is 3.41. The van der Waals surface area contributed by atoms with Crippen LogP contribution in [-0.2, 0) is 9.73 Å². The van der Waals surface area contributed by atoms with Gasteiger partial charge in [-0.25, -0.2) is 13.6 Å². The van der Waals surface area contributed by atoms with E-state index in [4.69, 9.17) is 5.26 Å². The molecule has 1 unspecified atom stereocenters. The van der Waals surface area contributed by atoms with Crippen molar-refractivity contribution in [2.45, 2.75) is 18.7 Å². The summed E-state index contributed by atoms with van der Waals surface area (Å²) in [4.78, 5) is 4.76. The zero-order valence-corrected chi connectivity index (χ0v) is 16.5. The number of pyridine rings is 1. The summed E-state index contributed by atoms with van der Waals surface area (Å²) >= 11 is 0. The van der Waals surface area contributed by atoms with Gasteiger partial charge in [0.25, 0.3) is 0 Å². The van der Waals surface area contributed by atoms with Crippen LogP contribution in [0.15, 0.2) is 58.0 Å². The fourth-order valence-corrected chi connectivity index (χ4v) is 3.19. The van der Waals surface area contributed by atoms with E-state index in [0.717, 1.165) is 5.57 Å². The van der Waals surface area contributed by atoms with Gasteiger partial charge in [0.05, 0.1) is 37.5 Å². The molecule has 140 valence electrons. The van der Waals surface area contributed by atoms with Crippen molar-refractivity contribution >= 4 is 15.3 Å². The van der Waals surface area contributed by atoms with Crippen LogP contribution >= 0.6 is 0 Å². The number of hydrogen-bond donors (Lipinski definition) is 1. The molecule has 0 fully saturated rings. The summed E-state index contributed by atoms with van der Waals surface area (Å²) in [5.74, 6) is 0.327. The van der Waals surface area contributed by atoms with Crippen LogP contribution in [0.3, 0.4) is 0 Å². The van der Waals surface area contributed by atoms with Crippen LogP contribution in [-0.4, -0.2) is 37.4 Å². The summed E-state index contributed by atoms with van der Waals surface area (Å²) in [6.45, 7) is 7.16. The van der Waals surface area contributed by atoms with Gasteiger partial charge in [-0.2, -0.15) is 15.0 Å². The van der Waals surface area contributed by atoms with Crippen LogP contribution in [0, 0.1) is 18.3 Å². The molecule has 2 aromatic rings. The molecule has 8 heteroatoms. The van der Waals surface area contributed by atoms with Crippen LogP contribution in [0.1, 0.15) is 18.2 Å². The first-order chi connectivity index (χ1) is 12.7. The lowest BCUT2D eigenvalue weighted by Crippen LogP contribution is -2.02. The van der Waals surface area contributed by atoms with E-state index in [9.17, 15) is 9.32 Å². The van der Waals surface area contributed by atoms with Crippen LogP contribution in [0.2, 0.25) is 0 Å². The number of aryl methyl sites for hydroxylation is 1. The van der Waals surface area contributed by atoms with Gasteiger partial charge in [0.1, 0.15) is 0 Å². The third kappa shape index (κ3) is 4.15. The molecule has 0 spiro atoms. The van der Waals surface area contributed by atoms with Crippen molar-refractivity contribution in [1.82, 2.24) is 14.8 Å². The number of aromatic hydroxyl groups is 1. The third-order valence-electron chi connectivity index (χ3n) is 4.02. The molecule has 1 N–H and O–H groups in total. The molecule has 0 saturated heterocycles. The SMILES string of the molecule is C=C/C(C#N)=C\C=C(/C)c1c(C)nn(-c2ccc(S(C)(=O)=NC)cn2)c1O. The number of hydrogen-bond acceptors (Lipinski definition) is 6. The van der Waals surface area contributed by atoms with E-state index in [1.165, 1.54) is 30.3 Å². The van der Waals surface area contributed by atoms with E-state index in [1.807, 2.05) is 13.0 Å². The summed E-state index contributed by atoms with van der Waals surface area (Å²) in [6, 6.07) is 5.30. The minimum absolute atomic E-state index is 0.0654. The molecule has 0 saturated carbocycles. The van der Waals surface area contributed by atoms with E-state index in [-0.39, 0.29) is 5.88 Å². The number of aromatic nitrogens is 3. The fourth-order valence-electron chi connectivity index (χ4n) is 2.41. The van der Waals surface area contributed by atoms with Crippen molar-refractivity contribution in [2.75, 3.05) is 13.3 Å². The van der Waals surface area contributed by atoms with E-state index in [2.05, 4.69) is 21.0 Å². The lowest BCUT2D eigenvalue weighted by Gasteiger charge is -2.06. The van der Waals surface area contributed by atoms with Gasteiger partial charge in [0.2, 0.25) is 5.88 Å².